The number of aryl methyl sites for hydroxylation is 1. The zero-order valence-corrected chi connectivity index (χ0v) is 43.2. The van der Waals surface area contributed by atoms with E-state index in [2.05, 4.69) is 213 Å². The van der Waals surface area contributed by atoms with E-state index < -0.39 is 0 Å². The summed E-state index contributed by atoms with van der Waals surface area (Å²) in [7, 11) is 0. The largest absolute Gasteiger partial charge is 0.468 e. The number of nitrogens with zero attached hydrogens (tertiary/aromatic N) is 2. The summed E-state index contributed by atoms with van der Waals surface area (Å²) in [5.41, 5.74) is 23.6. The Balaban J connectivity index is 1.39. The molecule has 1 aromatic heterocycles. The van der Waals surface area contributed by atoms with Gasteiger partial charge in [0.15, 0.2) is 0 Å². The Bertz CT molecular complexity index is 2950. The summed E-state index contributed by atoms with van der Waals surface area (Å²) in [6, 6.07) is 31.8. The molecular formula is C61H75BN2O. The lowest BCUT2D eigenvalue weighted by atomic mass is 9.34. The van der Waals surface area contributed by atoms with Crippen LogP contribution in [0.5, 0.6) is 0 Å². The summed E-state index contributed by atoms with van der Waals surface area (Å²) in [4.78, 5) is 5.37. The first-order chi connectivity index (χ1) is 30.0. The lowest BCUT2D eigenvalue weighted by Crippen LogP contribution is -2.62. The van der Waals surface area contributed by atoms with Crippen molar-refractivity contribution in [3.05, 3.63) is 123 Å². The van der Waals surface area contributed by atoms with Gasteiger partial charge in [0.1, 0.15) is 5.58 Å². The molecular weight excluding hydrogens is 787 g/mol. The molecule has 2 aliphatic carbocycles. The highest BCUT2D eigenvalue weighted by Gasteiger charge is 2.51. The van der Waals surface area contributed by atoms with Gasteiger partial charge >= 0.3 is 0 Å². The van der Waals surface area contributed by atoms with E-state index in [0.29, 0.717) is 0 Å². The van der Waals surface area contributed by atoms with Crippen molar-refractivity contribution in [2.24, 2.45) is 0 Å². The average molecular weight is 863 g/mol. The first-order valence-electron chi connectivity index (χ1n) is 24.8. The van der Waals surface area contributed by atoms with Crippen LogP contribution in [0.1, 0.15) is 188 Å². The van der Waals surface area contributed by atoms with Crippen molar-refractivity contribution in [3.8, 4) is 0 Å². The molecule has 3 heterocycles. The van der Waals surface area contributed by atoms with E-state index in [-0.39, 0.29) is 44.6 Å². The van der Waals surface area contributed by atoms with Crippen molar-refractivity contribution in [3.63, 3.8) is 0 Å². The summed E-state index contributed by atoms with van der Waals surface area (Å²) in [6.45, 7) is 43.2. The van der Waals surface area contributed by atoms with Crippen LogP contribution in [0.3, 0.4) is 0 Å². The lowest BCUT2D eigenvalue weighted by Gasteiger charge is -2.50. The Labute approximate surface area is 392 Å². The molecule has 0 unspecified atom stereocenters. The predicted molar refractivity (Wildman–Crippen MR) is 282 cm³/mol. The fraction of sp³-hybridized carbons (Fsp3) is 0.475. The topological polar surface area (TPSA) is 19.6 Å². The molecule has 0 bridgehead atoms. The summed E-state index contributed by atoms with van der Waals surface area (Å²) in [6.07, 6.45) is 4.67. The van der Waals surface area contributed by atoms with E-state index in [1.165, 1.54) is 102 Å². The summed E-state index contributed by atoms with van der Waals surface area (Å²) in [5, 5.41) is 1.18. The molecule has 4 heteroatoms. The maximum atomic E-state index is 7.46. The van der Waals surface area contributed by atoms with Crippen LogP contribution in [0.4, 0.5) is 34.1 Å². The SMILES string of the molecule is Cc1cc2c(cc1N1c3cc(C(C)(C)C)cc4c3B(c3ccc5c(c31)C(C)(C)CCC5(C)C)c1oc3ccc(C(C)(C)C)cc3c1N4c1ccc(C(C)(C)C)cc1)C(C)(C)CCC2(C)C. The molecule has 0 N–H and O–H groups in total. The molecule has 0 saturated heterocycles. The number of hydrogen-bond donors (Lipinski definition) is 0. The van der Waals surface area contributed by atoms with E-state index in [4.69, 9.17) is 4.42 Å². The number of furan rings is 1. The van der Waals surface area contributed by atoms with Crippen LogP contribution in [-0.4, -0.2) is 6.71 Å². The van der Waals surface area contributed by atoms with Gasteiger partial charge in [-0.05, 0) is 168 Å². The maximum Gasteiger partial charge on any atom is 0.297 e. The quantitative estimate of drug-likeness (QED) is 0.161. The molecule has 0 atom stereocenters. The molecule has 338 valence electrons. The smallest absolute Gasteiger partial charge is 0.297 e. The molecule has 2 aliphatic heterocycles. The third-order valence-corrected chi connectivity index (χ3v) is 16.7. The number of hydrogen-bond acceptors (Lipinski definition) is 3. The molecule has 0 radical (unpaired) electrons. The van der Waals surface area contributed by atoms with Gasteiger partial charge in [-0.25, -0.2) is 0 Å². The van der Waals surface area contributed by atoms with E-state index in [1.807, 2.05) is 0 Å². The summed E-state index contributed by atoms with van der Waals surface area (Å²) >= 11 is 0. The predicted octanol–water partition coefficient (Wildman–Crippen LogP) is 15.4. The molecule has 0 fully saturated rings. The van der Waals surface area contributed by atoms with Crippen LogP contribution in [0.25, 0.3) is 11.0 Å². The monoisotopic (exact) mass is 863 g/mol. The first kappa shape index (κ1) is 44.2. The van der Waals surface area contributed by atoms with Gasteiger partial charge in [-0.3, -0.25) is 0 Å². The minimum Gasteiger partial charge on any atom is -0.468 e. The number of rotatable bonds is 2. The number of benzene rings is 5. The van der Waals surface area contributed by atoms with Crippen molar-refractivity contribution in [2.45, 2.75) is 188 Å². The van der Waals surface area contributed by atoms with Crippen molar-refractivity contribution < 1.29 is 4.42 Å². The van der Waals surface area contributed by atoms with E-state index in [1.54, 1.807) is 0 Å². The van der Waals surface area contributed by atoms with Gasteiger partial charge in [0.25, 0.3) is 6.71 Å². The highest BCUT2D eigenvalue weighted by molar-refractivity contribution is 7.00. The molecule has 0 amide bonds. The second-order valence-electron chi connectivity index (χ2n) is 26.5. The van der Waals surface area contributed by atoms with Gasteiger partial charge in [-0.15, -0.1) is 0 Å². The Morgan fingerprint density at radius 1 is 0.492 bits per heavy atom. The van der Waals surface area contributed by atoms with Crippen LogP contribution >= 0.6 is 0 Å². The highest BCUT2D eigenvalue weighted by atomic mass is 16.3. The van der Waals surface area contributed by atoms with Gasteiger partial charge in [0.05, 0.1) is 11.3 Å². The Kier molecular flexibility index (Phi) is 9.31. The standard InChI is InChI=1S/C61H75BN2O/c1-36-31-43-44(60(15,16)28-27-59(43,13)14)35-46(36)64-48-34-39(57(8,9)10)33-47-51(48)62(45-25-24-42-50(53(45)64)61(17,18)30-29-58(42,11)12)54-52(41-32-38(56(5,6)7)21-26-49(41)65-54)63(47)40-22-19-37(20-23-40)55(2,3)4/h19-26,31-35H,27-30H2,1-18H3. The lowest BCUT2D eigenvalue weighted by molar-refractivity contribution is 0.331. The number of fused-ring (bicyclic) bond motifs is 9. The zero-order valence-electron chi connectivity index (χ0n) is 43.2. The van der Waals surface area contributed by atoms with E-state index in [0.717, 1.165) is 29.8 Å². The van der Waals surface area contributed by atoms with Crippen molar-refractivity contribution >= 4 is 68.4 Å². The van der Waals surface area contributed by atoms with Crippen LogP contribution in [0.15, 0.2) is 83.3 Å². The minimum absolute atomic E-state index is 0.0252. The van der Waals surface area contributed by atoms with Crippen molar-refractivity contribution in [2.75, 3.05) is 9.80 Å². The van der Waals surface area contributed by atoms with Crippen LogP contribution < -0.4 is 26.4 Å². The zero-order chi connectivity index (χ0) is 46.9. The molecule has 10 rings (SSSR count). The van der Waals surface area contributed by atoms with Crippen molar-refractivity contribution in [1.82, 2.24) is 0 Å². The third kappa shape index (κ3) is 6.64. The third-order valence-electron chi connectivity index (χ3n) is 16.7. The van der Waals surface area contributed by atoms with Gasteiger partial charge < -0.3 is 14.2 Å². The summed E-state index contributed by atoms with van der Waals surface area (Å²) in [5.74, 6) is 0. The molecule has 3 nitrogen and oxygen atoms in total. The van der Waals surface area contributed by atoms with Crippen LogP contribution in [-0.2, 0) is 37.9 Å². The average Bonchev–Trinajstić information content (AvgIpc) is 3.58. The van der Waals surface area contributed by atoms with Crippen LogP contribution in [0, 0.1) is 6.92 Å². The molecule has 4 aliphatic rings. The fourth-order valence-corrected chi connectivity index (χ4v) is 12.2. The van der Waals surface area contributed by atoms with Gasteiger partial charge in [0, 0.05) is 33.8 Å². The molecule has 0 spiro atoms. The first-order valence-corrected chi connectivity index (χ1v) is 24.8. The molecule has 0 saturated carbocycles. The van der Waals surface area contributed by atoms with Crippen molar-refractivity contribution in [1.29, 1.82) is 0 Å². The van der Waals surface area contributed by atoms with Gasteiger partial charge in [0.2, 0.25) is 0 Å². The van der Waals surface area contributed by atoms with E-state index >= 15 is 0 Å². The Morgan fingerprint density at radius 3 is 1.60 bits per heavy atom. The van der Waals surface area contributed by atoms with Gasteiger partial charge in [-0.2, -0.15) is 0 Å². The normalized spacial score (nSPS) is 19.1. The molecule has 65 heavy (non-hydrogen) atoms. The Morgan fingerprint density at radius 2 is 1.02 bits per heavy atom. The van der Waals surface area contributed by atoms with Gasteiger partial charge in [-0.1, -0.05) is 154 Å². The molecule has 5 aromatic carbocycles. The second-order valence-corrected chi connectivity index (χ2v) is 26.5. The minimum atomic E-state index is -0.124. The fourth-order valence-electron chi connectivity index (χ4n) is 12.2. The summed E-state index contributed by atoms with van der Waals surface area (Å²) < 4.78 is 7.46. The Hall–Kier alpha value is -4.70. The molecule has 6 aromatic rings. The second kappa shape index (κ2) is 13.7. The highest BCUT2D eigenvalue weighted by Crippen LogP contribution is 2.56. The number of anilines is 6. The van der Waals surface area contributed by atoms with E-state index in [9.17, 15) is 0 Å². The maximum absolute atomic E-state index is 7.46. The van der Waals surface area contributed by atoms with Crippen LogP contribution in [0.2, 0.25) is 0 Å².